The van der Waals surface area contributed by atoms with Crippen molar-refractivity contribution in [2.24, 2.45) is 5.73 Å². The molecule has 6 nitrogen and oxygen atoms in total. The van der Waals surface area contributed by atoms with E-state index in [1.807, 2.05) is 0 Å². The van der Waals surface area contributed by atoms with Gasteiger partial charge in [-0.25, -0.2) is 0 Å². The summed E-state index contributed by atoms with van der Waals surface area (Å²) in [5.74, 6) is -0.379. The second-order valence-corrected chi connectivity index (χ2v) is 4.85. The van der Waals surface area contributed by atoms with Gasteiger partial charge >= 0.3 is 0 Å². The normalized spacial score (nSPS) is 19.4. The van der Waals surface area contributed by atoms with Gasteiger partial charge in [-0.2, -0.15) is 0 Å². The van der Waals surface area contributed by atoms with Crippen molar-refractivity contribution in [1.82, 2.24) is 0 Å². The van der Waals surface area contributed by atoms with Gasteiger partial charge in [0.05, 0.1) is 6.04 Å². The molecule has 1 saturated heterocycles. The smallest absolute Gasteiger partial charge is 0.253 e. The first-order chi connectivity index (χ1) is 9.56. The minimum absolute atomic E-state index is 0.130. The SMILES string of the molecule is C[C@H](N)C(=O)Nc1ccc(NC(=O)C2CCCO2)cc1. The molecule has 20 heavy (non-hydrogen) atoms. The fourth-order valence-electron chi connectivity index (χ4n) is 1.90. The minimum Gasteiger partial charge on any atom is -0.368 e. The first-order valence-electron chi connectivity index (χ1n) is 6.65. The lowest BCUT2D eigenvalue weighted by atomic mass is 10.2. The molecule has 0 spiro atoms. The Balaban J connectivity index is 1.91. The van der Waals surface area contributed by atoms with Crippen LogP contribution in [0.4, 0.5) is 11.4 Å². The average Bonchev–Trinajstić information content (AvgIpc) is 2.95. The van der Waals surface area contributed by atoms with Gasteiger partial charge < -0.3 is 21.1 Å². The number of hydrogen-bond acceptors (Lipinski definition) is 4. The maximum Gasteiger partial charge on any atom is 0.253 e. The molecule has 1 aromatic rings. The van der Waals surface area contributed by atoms with E-state index in [4.69, 9.17) is 10.5 Å². The van der Waals surface area contributed by atoms with Crippen LogP contribution in [0.5, 0.6) is 0 Å². The van der Waals surface area contributed by atoms with E-state index in [2.05, 4.69) is 10.6 Å². The van der Waals surface area contributed by atoms with Crippen LogP contribution < -0.4 is 16.4 Å². The lowest BCUT2D eigenvalue weighted by Gasteiger charge is -2.11. The summed E-state index contributed by atoms with van der Waals surface area (Å²) < 4.78 is 5.31. The molecule has 2 rings (SSSR count). The van der Waals surface area contributed by atoms with Crippen LogP contribution in [-0.4, -0.2) is 30.6 Å². The Morgan fingerprint density at radius 2 is 1.85 bits per heavy atom. The molecule has 2 atom stereocenters. The van der Waals surface area contributed by atoms with Crippen LogP contribution in [0, 0.1) is 0 Å². The number of ether oxygens (including phenoxy) is 1. The Hall–Kier alpha value is -1.92. The number of benzene rings is 1. The number of carbonyl (C=O) groups is 2. The molecule has 2 amide bonds. The van der Waals surface area contributed by atoms with Crippen molar-refractivity contribution in [3.63, 3.8) is 0 Å². The summed E-state index contributed by atoms with van der Waals surface area (Å²) in [4.78, 5) is 23.3. The third-order valence-electron chi connectivity index (χ3n) is 3.06. The van der Waals surface area contributed by atoms with E-state index in [0.29, 0.717) is 18.0 Å². The standard InChI is InChI=1S/C14H19N3O3/c1-9(15)13(18)16-10-4-6-11(7-5-10)17-14(19)12-3-2-8-20-12/h4-7,9,12H,2-3,8,15H2,1H3,(H,16,18)(H,17,19)/t9-,12?/m0/s1. The highest BCUT2D eigenvalue weighted by molar-refractivity contribution is 5.96. The second kappa shape index (κ2) is 6.49. The van der Waals surface area contributed by atoms with Gasteiger partial charge in [-0.1, -0.05) is 0 Å². The van der Waals surface area contributed by atoms with E-state index in [-0.39, 0.29) is 17.9 Å². The van der Waals surface area contributed by atoms with Crippen molar-refractivity contribution < 1.29 is 14.3 Å². The van der Waals surface area contributed by atoms with Crippen molar-refractivity contribution in [2.75, 3.05) is 17.2 Å². The number of nitrogens with one attached hydrogen (secondary N) is 2. The Bertz CT molecular complexity index is 479. The molecule has 0 bridgehead atoms. The zero-order valence-corrected chi connectivity index (χ0v) is 11.4. The summed E-state index contributed by atoms with van der Waals surface area (Å²) in [6.45, 7) is 2.26. The van der Waals surface area contributed by atoms with Gasteiger partial charge in [0.1, 0.15) is 6.10 Å². The van der Waals surface area contributed by atoms with Crippen molar-refractivity contribution in [1.29, 1.82) is 0 Å². The maximum atomic E-state index is 11.8. The van der Waals surface area contributed by atoms with Gasteiger partial charge in [-0.15, -0.1) is 0 Å². The Kier molecular flexibility index (Phi) is 4.70. The van der Waals surface area contributed by atoms with E-state index in [9.17, 15) is 9.59 Å². The van der Waals surface area contributed by atoms with Gasteiger partial charge in [-0.3, -0.25) is 9.59 Å². The number of nitrogens with two attached hydrogens (primary N) is 1. The highest BCUT2D eigenvalue weighted by Gasteiger charge is 2.23. The molecule has 108 valence electrons. The van der Waals surface area contributed by atoms with Gasteiger partial charge in [0.2, 0.25) is 5.91 Å². The fourth-order valence-corrected chi connectivity index (χ4v) is 1.90. The summed E-state index contributed by atoms with van der Waals surface area (Å²) in [7, 11) is 0. The molecular formula is C14H19N3O3. The molecule has 1 aromatic carbocycles. The number of carbonyl (C=O) groups excluding carboxylic acids is 2. The molecule has 0 aromatic heterocycles. The first-order valence-corrected chi connectivity index (χ1v) is 6.65. The summed E-state index contributed by atoms with van der Waals surface area (Å²) >= 11 is 0. The first kappa shape index (κ1) is 14.5. The van der Waals surface area contributed by atoms with E-state index >= 15 is 0 Å². The fraction of sp³-hybridized carbons (Fsp3) is 0.429. The second-order valence-electron chi connectivity index (χ2n) is 4.85. The molecule has 1 unspecified atom stereocenters. The highest BCUT2D eigenvalue weighted by Crippen LogP contribution is 2.17. The lowest BCUT2D eigenvalue weighted by molar-refractivity contribution is -0.124. The van der Waals surface area contributed by atoms with Crippen LogP contribution in [0.2, 0.25) is 0 Å². The molecule has 1 fully saturated rings. The van der Waals surface area contributed by atoms with Crippen LogP contribution in [0.3, 0.4) is 0 Å². The monoisotopic (exact) mass is 277 g/mol. The molecule has 4 N–H and O–H groups in total. The quantitative estimate of drug-likeness (QED) is 0.768. The number of amides is 2. The van der Waals surface area contributed by atoms with Crippen LogP contribution in [0.15, 0.2) is 24.3 Å². The zero-order valence-electron chi connectivity index (χ0n) is 11.4. The molecule has 1 heterocycles. The molecule has 0 aliphatic carbocycles. The average molecular weight is 277 g/mol. The molecule has 0 saturated carbocycles. The van der Waals surface area contributed by atoms with E-state index in [1.165, 1.54) is 0 Å². The number of hydrogen-bond donors (Lipinski definition) is 3. The van der Waals surface area contributed by atoms with E-state index in [0.717, 1.165) is 12.8 Å². The third-order valence-corrected chi connectivity index (χ3v) is 3.06. The van der Waals surface area contributed by atoms with Gasteiger partial charge in [0.15, 0.2) is 0 Å². The third kappa shape index (κ3) is 3.79. The van der Waals surface area contributed by atoms with E-state index < -0.39 is 6.04 Å². The summed E-state index contributed by atoms with van der Waals surface area (Å²) in [5.41, 5.74) is 6.78. The zero-order chi connectivity index (χ0) is 14.5. The van der Waals surface area contributed by atoms with Gasteiger partial charge in [0, 0.05) is 18.0 Å². The number of rotatable bonds is 4. The van der Waals surface area contributed by atoms with Crippen molar-refractivity contribution >= 4 is 23.2 Å². The van der Waals surface area contributed by atoms with Crippen molar-refractivity contribution in [3.8, 4) is 0 Å². The van der Waals surface area contributed by atoms with Crippen LogP contribution >= 0.6 is 0 Å². The summed E-state index contributed by atoms with van der Waals surface area (Å²) in [6, 6.07) is 6.32. The topological polar surface area (TPSA) is 93.5 Å². The Morgan fingerprint density at radius 1 is 1.25 bits per heavy atom. The largest absolute Gasteiger partial charge is 0.368 e. The predicted octanol–water partition coefficient (Wildman–Crippen LogP) is 1.09. The highest BCUT2D eigenvalue weighted by atomic mass is 16.5. The van der Waals surface area contributed by atoms with Gasteiger partial charge in [-0.05, 0) is 44.0 Å². The van der Waals surface area contributed by atoms with Crippen LogP contribution in [0.25, 0.3) is 0 Å². The number of anilines is 2. The van der Waals surface area contributed by atoms with Crippen LogP contribution in [-0.2, 0) is 14.3 Å². The van der Waals surface area contributed by atoms with E-state index in [1.54, 1.807) is 31.2 Å². The molecule has 1 aliphatic heterocycles. The molecular weight excluding hydrogens is 258 g/mol. The van der Waals surface area contributed by atoms with Crippen LogP contribution in [0.1, 0.15) is 19.8 Å². The Labute approximate surface area is 117 Å². The lowest BCUT2D eigenvalue weighted by Crippen LogP contribution is -2.32. The maximum absolute atomic E-state index is 11.8. The van der Waals surface area contributed by atoms with Crippen molar-refractivity contribution in [2.45, 2.75) is 31.9 Å². The molecule has 1 aliphatic rings. The Morgan fingerprint density at radius 3 is 2.35 bits per heavy atom. The minimum atomic E-state index is -0.561. The van der Waals surface area contributed by atoms with Gasteiger partial charge in [0.25, 0.3) is 5.91 Å². The van der Waals surface area contributed by atoms with Crippen molar-refractivity contribution in [3.05, 3.63) is 24.3 Å². The summed E-state index contributed by atoms with van der Waals surface area (Å²) in [6.07, 6.45) is 1.32. The molecule has 0 radical (unpaired) electrons. The molecule has 6 heteroatoms. The summed E-state index contributed by atoms with van der Waals surface area (Å²) in [5, 5.41) is 5.46. The predicted molar refractivity (Wildman–Crippen MR) is 76.3 cm³/mol.